The van der Waals surface area contributed by atoms with E-state index in [4.69, 9.17) is 35.3 Å². The van der Waals surface area contributed by atoms with Crippen molar-refractivity contribution in [2.75, 3.05) is 27.4 Å². The Hall–Kier alpha value is -5.20. The number of methoxy groups -OCH3 is 2. The van der Waals surface area contributed by atoms with Gasteiger partial charge < -0.3 is 39.4 Å². The van der Waals surface area contributed by atoms with Crippen LogP contribution in [0.2, 0.25) is 5.02 Å². The lowest BCUT2D eigenvalue weighted by Gasteiger charge is -2.28. The minimum absolute atomic E-state index is 0.173. The van der Waals surface area contributed by atoms with Crippen molar-refractivity contribution in [3.8, 4) is 23.0 Å². The van der Waals surface area contributed by atoms with E-state index < -0.39 is 24.3 Å². The summed E-state index contributed by atoms with van der Waals surface area (Å²) < 4.78 is 28.3. The van der Waals surface area contributed by atoms with Gasteiger partial charge in [-0.05, 0) is 61.7 Å². The van der Waals surface area contributed by atoms with Gasteiger partial charge in [-0.2, -0.15) is 5.10 Å². The fourth-order valence-corrected chi connectivity index (χ4v) is 5.16. The average Bonchev–Trinajstić information content (AvgIpc) is 3.07. The maximum atomic E-state index is 12.5. The molecule has 3 aromatic rings. The largest absolute Gasteiger partial charge is 0.493 e. The monoisotopic (exact) mass is 678 g/mol. The molecule has 0 spiro atoms. The van der Waals surface area contributed by atoms with E-state index in [-0.39, 0.29) is 18.8 Å². The third-order valence-electron chi connectivity index (χ3n) is 7.18. The molecule has 48 heavy (non-hydrogen) atoms. The summed E-state index contributed by atoms with van der Waals surface area (Å²) in [5, 5.41) is 20.7. The van der Waals surface area contributed by atoms with Gasteiger partial charge in [0.25, 0.3) is 0 Å². The predicted molar refractivity (Wildman–Crippen MR) is 182 cm³/mol. The molecular formula is C35H39ClN4O8. The Morgan fingerprint density at radius 2 is 1.88 bits per heavy atom. The van der Waals surface area contributed by atoms with Gasteiger partial charge in [0, 0.05) is 21.8 Å². The third kappa shape index (κ3) is 8.99. The summed E-state index contributed by atoms with van der Waals surface area (Å²) in [5.74, 6) is 1.21. The number of allylic oxidation sites excluding steroid dienone is 2. The molecule has 1 aliphatic rings. The van der Waals surface area contributed by atoms with Crippen LogP contribution in [0, 0.1) is 0 Å². The normalized spacial score (nSPS) is 14.9. The third-order valence-corrected chi connectivity index (χ3v) is 7.55. The molecular weight excluding hydrogens is 640 g/mol. The van der Waals surface area contributed by atoms with Crippen molar-refractivity contribution in [3.05, 3.63) is 106 Å². The van der Waals surface area contributed by atoms with E-state index in [0.29, 0.717) is 57.9 Å². The number of urea groups is 1. The van der Waals surface area contributed by atoms with Crippen molar-refractivity contribution in [3.63, 3.8) is 0 Å². The van der Waals surface area contributed by atoms with E-state index in [9.17, 15) is 14.7 Å². The van der Waals surface area contributed by atoms with Gasteiger partial charge in [0.2, 0.25) is 0 Å². The van der Waals surface area contributed by atoms with Crippen molar-refractivity contribution >= 4 is 29.8 Å². The zero-order chi connectivity index (χ0) is 34.6. The van der Waals surface area contributed by atoms with Crippen molar-refractivity contribution in [1.82, 2.24) is 16.1 Å². The molecule has 2 amide bonds. The predicted octanol–water partition coefficient (Wildman–Crippen LogP) is 5.18. The number of hydrogen-bond donors (Lipinski definition) is 4. The molecule has 1 aliphatic heterocycles. The Morgan fingerprint density at radius 1 is 1.08 bits per heavy atom. The minimum Gasteiger partial charge on any atom is -0.493 e. The molecule has 12 nitrogen and oxygen atoms in total. The fraction of sp³-hybridized carbons (Fsp3) is 0.286. The highest BCUT2D eigenvalue weighted by Crippen LogP contribution is 2.36. The quantitative estimate of drug-likeness (QED) is 0.0529. The Balaban J connectivity index is 1.43. The van der Waals surface area contributed by atoms with Gasteiger partial charge in [-0.1, -0.05) is 41.9 Å². The molecule has 0 aliphatic carbocycles. The number of aliphatic hydroxyl groups is 1. The zero-order valence-corrected chi connectivity index (χ0v) is 27.9. The zero-order valence-electron chi connectivity index (χ0n) is 27.2. The van der Waals surface area contributed by atoms with Crippen LogP contribution in [0.15, 0.2) is 83.6 Å². The molecule has 254 valence electrons. The maximum absolute atomic E-state index is 12.5. The lowest BCUT2D eigenvalue weighted by atomic mass is 9.95. The van der Waals surface area contributed by atoms with Gasteiger partial charge in [-0.25, -0.2) is 9.59 Å². The van der Waals surface area contributed by atoms with Crippen LogP contribution in [0.3, 0.4) is 0 Å². The van der Waals surface area contributed by atoms with Crippen LogP contribution < -0.4 is 35.0 Å². The molecule has 0 aromatic heterocycles. The second kappa shape index (κ2) is 17.1. The summed E-state index contributed by atoms with van der Waals surface area (Å²) in [4.78, 5) is 24.7. The number of amides is 2. The van der Waals surface area contributed by atoms with E-state index in [0.717, 1.165) is 11.1 Å². The molecule has 0 saturated heterocycles. The molecule has 0 saturated carbocycles. The molecule has 0 radical (unpaired) electrons. The molecule has 13 heteroatoms. The standard InChI is InChI=1S/C35H39ClN4O8/c1-6-10-24-15-22(16-29(44-4)33(24)48-19-25-11-8-9-12-26(25)36)18-37-40-30(41)20-47-27-14-13-23(17-28(27)46-7-2)32-31(34(42)45-5)21(3)38-35(43)39-32/h6,8-9,11-18,30,32,40-41H,1,7,10,19-20H2,2-5H3,(H2,38,39,43)/b37-18-/t30-,32-/m0/s1. The van der Waals surface area contributed by atoms with Crippen LogP contribution >= 0.6 is 11.6 Å². The number of halogens is 1. The van der Waals surface area contributed by atoms with Crippen molar-refractivity contribution in [2.24, 2.45) is 5.10 Å². The van der Waals surface area contributed by atoms with Crippen LogP contribution in [0.25, 0.3) is 0 Å². The molecule has 4 rings (SSSR count). The molecule has 2 atom stereocenters. The van der Waals surface area contributed by atoms with E-state index in [1.165, 1.54) is 13.3 Å². The summed E-state index contributed by atoms with van der Waals surface area (Å²) in [6.45, 7) is 7.70. The molecule has 0 unspecified atom stereocenters. The van der Waals surface area contributed by atoms with Crippen LogP contribution in [0.4, 0.5) is 4.79 Å². The van der Waals surface area contributed by atoms with Gasteiger partial charge in [-0.15, -0.1) is 6.58 Å². The molecule has 0 bridgehead atoms. The number of benzene rings is 3. The first-order chi connectivity index (χ1) is 23.2. The summed E-state index contributed by atoms with van der Waals surface area (Å²) in [7, 11) is 2.83. The first-order valence-electron chi connectivity index (χ1n) is 15.1. The Kier molecular flexibility index (Phi) is 12.7. The van der Waals surface area contributed by atoms with Crippen LogP contribution in [0.1, 0.15) is 42.1 Å². The first kappa shape index (κ1) is 35.7. The second-order valence-electron chi connectivity index (χ2n) is 10.5. The number of esters is 1. The van der Waals surface area contributed by atoms with Crippen LogP contribution in [0.5, 0.6) is 23.0 Å². The summed E-state index contributed by atoms with van der Waals surface area (Å²) in [5.41, 5.74) is 6.25. The number of hydrogen-bond acceptors (Lipinski definition) is 10. The number of rotatable bonds is 16. The number of nitrogens with zero attached hydrogens (tertiary/aromatic N) is 1. The topological polar surface area (TPSA) is 149 Å². The maximum Gasteiger partial charge on any atom is 0.337 e. The number of carbonyl (C=O) groups is 2. The first-order valence-corrected chi connectivity index (χ1v) is 15.5. The fourth-order valence-electron chi connectivity index (χ4n) is 4.97. The van der Waals surface area contributed by atoms with Crippen LogP contribution in [-0.2, 0) is 22.6 Å². The van der Waals surface area contributed by atoms with Crippen LogP contribution in [-0.4, -0.2) is 57.0 Å². The molecule has 0 fully saturated rings. The van der Waals surface area contributed by atoms with Gasteiger partial charge >= 0.3 is 12.0 Å². The highest BCUT2D eigenvalue weighted by atomic mass is 35.5. The van der Waals surface area contributed by atoms with E-state index in [2.05, 4.69) is 27.7 Å². The lowest BCUT2D eigenvalue weighted by Crippen LogP contribution is -2.45. The Labute approximate surface area is 284 Å². The number of ether oxygens (including phenoxy) is 5. The van der Waals surface area contributed by atoms with Gasteiger partial charge in [0.15, 0.2) is 29.2 Å². The van der Waals surface area contributed by atoms with Gasteiger partial charge in [0.05, 0.1) is 38.7 Å². The highest BCUT2D eigenvalue weighted by molar-refractivity contribution is 6.31. The minimum atomic E-state index is -1.18. The number of carbonyl (C=O) groups excluding carboxylic acids is 2. The highest BCUT2D eigenvalue weighted by Gasteiger charge is 2.32. The lowest BCUT2D eigenvalue weighted by molar-refractivity contribution is -0.136. The van der Waals surface area contributed by atoms with E-state index in [1.54, 1.807) is 50.4 Å². The Morgan fingerprint density at radius 3 is 2.58 bits per heavy atom. The average molecular weight is 679 g/mol. The van der Waals surface area contributed by atoms with E-state index in [1.807, 2.05) is 31.2 Å². The number of nitrogens with one attached hydrogen (secondary N) is 3. The smallest absolute Gasteiger partial charge is 0.337 e. The molecule has 1 heterocycles. The summed E-state index contributed by atoms with van der Waals surface area (Å²) >= 11 is 6.30. The SMILES string of the molecule is C=CCc1cc(/C=N\N[C@@H](O)COc2ccc([C@@H]3NC(=O)NC(C)=C3C(=O)OC)cc2OCC)cc(OC)c1OCc1ccccc1Cl. The van der Waals surface area contributed by atoms with Crippen molar-refractivity contribution in [1.29, 1.82) is 0 Å². The Bertz CT molecular complexity index is 1690. The van der Waals surface area contributed by atoms with Gasteiger partial charge in [0.1, 0.15) is 13.2 Å². The molecule has 3 aromatic carbocycles. The summed E-state index contributed by atoms with van der Waals surface area (Å²) in [6.07, 6.45) is 2.64. The summed E-state index contributed by atoms with van der Waals surface area (Å²) in [6, 6.07) is 14.9. The van der Waals surface area contributed by atoms with Crippen molar-refractivity contribution < 1.29 is 38.4 Å². The number of aliphatic hydroxyl groups excluding tert-OH is 1. The number of hydrazone groups is 1. The molecule has 4 N–H and O–H groups in total. The van der Waals surface area contributed by atoms with E-state index >= 15 is 0 Å². The van der Waals surface area contributed by atoms with Gasteiger partial charge in [-0.3, -0.25) is 5.43 Å². The van der Waals surface area contributed by atoms with Crippen molar-refractivity contribution in [2.45, 2.75) is 39.1 Å². The second-order valence-corrected chi connectivity index (χ2v) is 10.9.